The molecule has 1 saturated heterocycles. The lowest BCUT2D eigenvalue weighted by molar-refractivity contribution is -0.121. The number of piperidine rings is 1. The maximum absolute atomic E-state index is 12.3. The Morgan fingerprint density at radius 1 is 1.23 bits per heavy atom. The average Bonchev–Trinajstić information content (AvgIpc) is 2.50. The third-order valence-corrected chi connectivity index (χ3v) is 4.34. The molecule has 2 aromatic carbocycles. The molecular formula is C18H23ClN2O. The first kappa shape index (κ1) is 16.8. The van der Waals surface area contributed by atoms with Crippen molar-refractivity contribution in [1.82, 2.24) is 10.6 Å². The topological polar surface area (TPSA) is 41.1 Å². The molecule has 1 heterocycles. The maximum atomic E-state index is 12.3. The Kier molecular flexibility index (Phi) is 5.81. The van der Waals surface area contributed by atoms with Gasteiger partial charge in [0.1, 0.15) is 0 Å². The van der Waals surface area contributed by atoms with E-state index in [-0.39, 0.29) is 24.4 Å². The molecule has 0 spiro atoms. The number of nitrogens with one attached hydrogen (secondary N) is 2. The van der Waals surface area contributed by atoms with Crippen molar-refractivity contribution < 1.29 is 4.79 Å². The highest BCUT2D eigenvalue weighted by atomic mass is 35.5. The number of carbonyl (C=O) groups excluding carboxylic acids is 1. The highest BCUT2D eigenvalue weighted by Crippen LogP contribution is 2.19. The summed E-state index contributed by atoms with van der Waals surface area (Å²) in [7, 11) is 0. The lowest BCUT2D eigenvalue weighted by atomic mass is 9.98. The normalized spacial score (nSPS) is 21.1. The van der Waals surface area contributed by atoms with E-state index < -0.39 is 0 Å². The summed E-state index contributed by atoms with van der Waals surface area (Å²) in [5.74, 6) is 0.118. The van der Waals surface area contributed by atoms with Gasteiger partial charge in [-0.2, -0.15) is 0 Å². The van der Waals surface area contributed by atoms with Crippen LogP contribution >= 0.6 is 12.4 Å². The molecule has 2 aromatic rings. The van der Waals surface area contributed by atoms with Gasteiger partial charge in [0.05, 0.1) is 6.42 Å². The van der Waals surface area contributed by atoms with Crippen LogP contribution in [0.5, 0.6) is 0 Å². The van der Waals surface area contributed by atoms with Crippen LogP contribution in [0.3, 0.4) is 0 Å². The molecule has 3 nitrogen and oxygen atoms in total. The highest BCUT2D eigenvalue weighted by molar-refractivity contribution is 5.90. The SMILES string of the molecule is CC1NCCCC1NC(=O)Cc1cccc2ccccc12.Cl. The van der Waals surface area contributed by atoms with Gasteiger partial charge in [0.2, 0.25) is 5.91 Å². The Morgan fingerprint density at radius 2 is 2.00 bits per heavy atom. The van der Waals surface area contributed by atoms with Crippen molar-refractivity contribution in [1.29, 1.82) is 0 Å². The van der Waals surface area contributed by atoms with E-state index in [4.69, 9.17) is 0 Å². The quantitative estimate of drug-likeness (QED) is 0.913. The van der Waals surface area contributed by atoms with Crippen molar-refractivity contribution in [2.45, 2.75) is 38.3 Å². The summed E-state index contributed by atoms with van der Waals surface area (Å²) in [6, 6.07) is 15.0. The summed E-state index contributed by atoms with van der Waals surface area (Å²) < 4.78 is 0. The van der Waals surface area contributed by atoms with Crippen LogP contribution in [0.1, 0.15) is 25.3 Å². The molecule has 3 rings (SSSR count). The Bertz CT molecular complexity index is 639. The lowest BCUT2D eigenvalue weighted by Crippen LogP contribution is -2.52. The molecule has 1 fully saturated rings. The predicted octanol–water partition coefficient (Wildman–Crippen LogP) is 3.06. The van der Waals surface area contributed by atoms with Crippen molar-refractivity contribution in [2.24, 2.45) is 0 Å². The maximum Gasteiger partial charge on any atom is 0.224 e. The number of fused-ring (bicyclic) bond motifs is 1. The van der Waals surface area contributed by atoms with Gasteiger partial charge in [-0.3, -0.25) is 4.79 Å². The Hall–Kier alpha value is -1.58. The molecule has 1 aliphatic rings. The molecule has 22 heavy (non-hydrogen) atoms. The van der Waals surface area contributed by atoms with Crippen LogP contribution in [0.15, 0.2) is 42.5 Å². The van der Waals surface area contributed by atoms with Crippen LogP contribution in [-0.4, -0.2) is 24.5 Å². The number of halogens is 1. The summed E-state index contributed by atoms with van der Waals surface area (Å²) in [5, 5.41) is 8.96. The molecule has 0 aromatic heterocycles. The molecule has 2 atom stereocenters. The molecule has 118 valence electrons. The van der Waals surface area contributed by atoms with Crippen molar-refractivity contribution >= 4 is 29.1 Å². The number of hydrogen-bond acceptors (Lipinski definition) is 2. The monoisotopic (exact) mass is 318 g/mol. The average molecular weight is 319 g/mol. The predicted molar refractivity (Wildman–Crippen MR) is 93.5 cm³/mol. The molecule has 4 heteroatoms. The largest absolute Gasteiger partial charge is 0.352 e. The lowest BCUT2D eigenvalue weighted by Gasteiger charge is -2.30. The molecule has 1 aliphatic heterocycles. The number of hydrogen-bond donors (Lipinski definition) is 2. The second-order valence-corrected chi connectivity index (χ2v) is 5.87. The van der Waals surface area contributed by atoms with E-state index >= 15 is 0 Å². The standard InChI is InChI=1S/C18H22N2O.ClH/c1-13-17(10-5-11-19-13)20-18(21)12-15-8-4-7-14-6-2-3-9-16(14)15;/h2-4,6-9,13,17,19H,5,10-12H2,1H3,(H,20,21);1H. The molecule has 0 aliphatic carbocycles. The van der Waals surface area contributed by atoms with Crippen LogP contribution in [0, 0.1) is 0 Å². The van der Waals surface area contributed by atoms with Crippen molar-refractivity contribution in [3.8, 4) is 0 Å². The zero-order valence-corrected chi connectivity index (χ0v) is 13.7. The Morgan fingerprint density at radius 3 is 2.82 bits per heavy atom. The minimum Gasteiger partial charge on any atom is -0.352 e. The van der Waals surface area contributed by atoms with Gasteiger partial charge in [-0.05, 0) is 42.6 Å². The minimum absolute atomic E-state index is 0. The number of benzene rings is 2. The zero-order chi connectivity index (χ0) is 14.7. The highest BCUT2D eigenvalue weighted by Gasteiger charge is 2.22. The van der Waals surface area contributed by atoms with E-state index in [1.807, 2.05) is 24.3 Å². The van der Waals surface area contributed by atoms with E-state index in [9.17, 15) is 4.79 Å². The minimum atomic E-state index is 0. The Labute approximate surface area is 137 Å². The summed E-state index contributed by atoms with van der Waals surface area (Å²) >= 11 is 0. The smallest absolute Gasteiger partial charge is 0.224 e. The number of carbonyl (C=O) groups is 1. The van der Waals surface area contributed by atoms with E-state index in [0.717, 1.165) is 24.9 Å². The van der Waals surface area contributed by atoms with Crippen molar-refractivity contribution in [2.75, 3.05) is 6.54 Å². The Balaban J connectivity index is 0.00000176. The van der Waals surface area contributed by atoms with Crippen LogP contribution in [0.4, 0.5) is 0 Å². The first-order chi connectivity index (χ1) is 10.2. The second kappa shape index (κ2) is 7.61. The summed E-state index contributed by atoms with van der Waals surface area (Å²) in [5.41, 5.74) is 1.10. The number of amides is 1. The van der Waals surface area contributed by atoms with Crippen molar-refractivity contribution in [3.05, 3.63) is 48.0 Å². The van der Waals surface area contributed by atoms with E-state index in [1.54, 1.807) is 0 Å². The third-order valence-electron chi connectivity index (χ3n) is 4.34. The number of rotatable bonds is 3. The van der Waals surface area contributed by atoms with Gasteiger partial charge in [0, 0.05) is 12.1 Å². The zero-order valence-electron chi connectivity index (χ0n) is 12.8. The molecule has 2 unspecified atom stereocenters. The molecule has 0 bridgehead atoms. The third kappa shape index (κ3) is 3.79. The second-order valence-electron chi connectivity index (χ2n) is 5.87. The van der Waals surface area contributed by atoms with E-state index in [1.165, 1.54) is 10.8 Å². The molecule has 1 amide bonds. The fourth-order valence-corrected chi connectivity index (χ4v) is 3.12. The summed E-state index contributed by atoms with van der Waals surface area (Å²) in [6.45, 7) is 3.19. The van der Waals surface area contributed by atoms with Crippen LogP contribution in [0.2, 0.25) is 0 Å². The van der Waals surface area contributed by atoms with Gasteiger partial charge in [0.15, 0.2) is 0 Å². The van der Waals surface area contributed by atoms with Gasteiger partial charge in [-0.25, -0.2) is 0 Å². The van der Waals surface area contributed by atoms with Crippen LogP contribution in [-0.2, 0) is 11.2 Å². The van der Waals surface area contributed by atoms with E-state index in [2.05, 4.69) is 35.8 Å². The van der Waals surface area contributed by atoms with E-state index in [0.29, 0.717) is 12.5 Å². The van der Waals surface area contributed by atoms with Gasteiger partial charge in [0.25, 0.3) is 0 Å². The van der Waals surface area contributed by atoms with Crippen molar-refractivity contribution in [3.63, 3.8) is 0 Å². The molecule has 0 radical (unpaired) electrons. The van der Waals surface area contributed by atoms with Crippen LogP contribution < -0.4 is 10.6 Å². The molecular weight excluding hydrogens is 296 g/mol. The van der Waals surface area contributed by atoms with Crippen LogP contribution in [0.25, 0.3) is 10.8 Å². The first-order valence-corrected chi connectivity index (χ1v) is 7.73. The van der Waals surface area contributed by atoms with Gasteiger partial charge >= 0.3 is 0 Å². The summed E-state index contributed by atoms with van der Waals surface area (Å²) in [6.07, 6.45) is 2.64. The fourth-order valence-electron chi connectivity index (χ4n) is 3.12. The fraction of sp³-hybridized carbons (Fsp3) is 0.389. The summed E-state index contributed by atoms with van der Waals surface area (Å²) in [4.78, 5) is 12.3. The van der Waals surface area contributed by atoms with Gasteiger partial charge in [-0.1, -0.05) is 42.5 Å². The first-order valence-electron chi connectivity index (χ1n) is 7.73. The van der Waals surface area contributed by atoms with Gasteiger partial charge < -0.3 is 10.6 Å². The van der Waals surface area contributed by atoms with Gasteiger partial charge in [-0.15, -0.1) is 12.4 Å². The molecule has 0 saturated carbocycles. The molecule has 2 N–H and O–H groups in total.